The molecule has 0 spiro atoms. The summed E-state index contributed by atoms with van der Waals surface area (Å²) in [7, 11) is 0. The van der Waals surface area contributed by atoms with Crippen molar-refractivity contribution in [3.05, 3.63) is 0 Å². The number of aliphatic hydroxyl groups is 2. The first-order chi connectivity index (χ1) is 13.6. The molecule has 4 aliphatic carbocycles. The van der Waals surface area contributed by atoms with Gasteiger partial charge in [0.05, 0.1) is 5.41 Å². The molecule has 0 aromatic rings. The Bertz CT molecular complexity index is 687. The Labute approximate surface area is 174 Å². The smallest absolute Gasteiger partial charge is 0.310 e. The van der Waals surface area contributed by atoms with Gasteiger partial charge in [0, 0.05) is 24.2 Å². The summed E-state index contributed by atoms with van der Waals surface area (Å²) in [6.45, 7) is 6.09. The molecule has 4 rings (SSSR count). The molecule has 0 unspecified atom stereocenters. The highest BCUT2D eigenvalue weighted by atomic mass is 16.5. The number of Topliss-reactive ketones (excluding diaryl/α,β-unsaturated/α-hetero) is 1. The molecule has 4 saturated carbocycles. The summed E-state index contributed by atoms with van der Waals surface area (Å²) < 4.78 is 0. The molecule has 0 aliphatic heterocycles. The van der Waals surface area contributed by atoms with Gasteiger partial charge in [0.15, 0.2) is 5.79 Å². The van der Waals surface area contributed by atoms with Gasteiger partial charge in [-0.3, -0.25) is 9.59 Å². The lowest BCUT2D eigenvalue weighted by Gasteiger charge is -2.58. The van der Waals surface area contributed by atoms with Gasteiger partial charge in [0.2, 0.25) is 0 Å². The lowest BCUT2D eigenvalue weighted by Crippen LogP contribution is -2.60. The highest BCUT2D eigenvalue weighted by molar-refractivity contribution is 5.88. The predicted molar refractivity (Wildman–Crippen MR) is 109 cm³/mol. The summed E-state index contributed by atoms with van der Waals surface area (Å²) >= 11 is 0. The molecular formula is C24H38O5. The van der Waals surface area contributed by atoms with Crippen molar-refractivity contribution in [3.8, 4) is 0 Å². The molecule has 0 radical (unpaired) electrons. The summed E-state index contributed by atoms with van der Waals surface area (Å²) in [5.74, 6) is -2.94. The molecule has 4 fully saturated rings. The molecular weight excluding hydrogens is 368 g/mol. The highest BCUT2D eigenvalue weighted by Gasteiger charge is 2.71. The maximum atomic E-state index is 13.7. The van der Waals surface area contributed by atoms with Crippen LogP contribution in [-0.4, -0.2) is 32.9 Å². The number of hydrogen-bond donors (Lipinski definition) is 3. The van der Waals surface area contributed by atoms with Crippen LogP contribution in [0.3, 0.4) is 0 Å². The van der Waals surface area contributed by atoms with Gasteiger partial charge in [-0.05, 0) is 55.3 Å². The highest BCUT2D eigenvalue weighted by Crippen LogP contribution is 2.68. The predicted octanol–water partition coefficient (Wildman–Crippen LogP) is 4.01. The molecule has 0 amide bonds. The molecule has 5 heteroatoms. The van der Waals surface area contributed by atoms with E-state index >= 15 is 0 Å². The minimum atomic E-state index is -1.85. The topological polar surface area (TPSA) is 94.8 Å². The number of hydrogen-bond acceptors (Lipinski definition) is 4. The van der Waals surface area contributed by atoms with Crippen LogP contribution >= 0.6 is 0 Å². The Morgan fingerprint density at radius 1 is 1.17 bits per heavy atom. The molecule has 4 aliphatic rings. The van der Waals surface area contributed by atoms with Crippen molar-refractivity contribution in [1.82, 2.24) is 0 Å². The fourth-order valence-corrected chi connectivity index (χ4v) is 8.83. The summed E-state index contributed by atoms with van der Waals surface area (Å²) in [6, 6.07) is 0. The van der Waals surface area contributed by atoms with Crippen molar-refractivity contribution in [1.29, 1.82) is 0 Å². The molecule has 0 saturated heterocycles. The molecule has 5 nitrogen and oxygen atoms in total. The van der Waals surface area contributed by atoms with Gasteiger partial charge in [-0.1, -0.05) is 46.5 Å². The number of carbonyl (C=O) groups is 2. The van der Waals surface area contributed by atoms with E-state index in [0.29, 0.717) is 12.8 Å². The van der Waals surface area contributed by atoms with Gasteiger partial charge in [0.1, 0.15) is 5.78 Å². The first-order valence-corrected chi connectivity index (χ1v) is 11.8. The average molecular weight is 407 g/mol. The maximum Gasteiger partial charge on any atom is 0.310 e. The second-order valence-corrected chi connectivity index (χ2v) is 11.0. The molecule has 0 aromatic heterocycles. The second-order valence-electron chi connectivity index (χ2n) is 11.0. The van der Waals surface area contributed by atoms with E-state index in [1.807, 2.05) is 13.8 Å². The Balaban J connectivity index is 1.76. The van der Waals surface area contributed by atoms with Crippen LogP contribution in [0.25, 0.3) is 0 Å². The van der Waals surface area contributed by atoms with Crippen LogP contribution in [0.5, 0.6) is 0 Å². The molecule has 29 heavy (non-hydrogen) atoms. The zero-order valence-corrected chi connectivity index (χ0v) is 18.2. The van der Waals surface area contributed by atoms with Gasteiger partial charge < -0.3 is 15.3 Å². The number of aliphatic carboxylic acids is 1. The number of carboxylic acids is 1. The van der Waals surface area contributed by atoms with Crippen molar-refractivity contribution >= 4 is 11.8 Å². The molecule has 164 valence electrons. The first-order valence-electron chi connectivity index (χ1n) is 11.8. The summed E-state index contributed by atoms with van der Waals surface area (Å²) in [5, 5.41) is 32.5. The Morgan fingerprint density at radius 2 is 1.90 bits per heavy atom. The SMILES string of the molecule is CCC[C@@H](C)[C@H]1C(O)(O)C[C@H]2[C@@H]3CC[C@@H]4CCCC[C@]4(C(=O)O)[C@H]3CC(=O)[C@@]21C. The van der Waals surface area contributed by atoms with Crippen LogP contribution in [0.2, 0.25) is 0 Å². The lowest BCUT2D eigenvalue weighted by atomic mass is 9.43. The summed E-state index contributed by atoms with van der Waals surface area (Å²) in [6.07, 6.45) is 7.74. The third kappa shape index (κ3) is 2.79. The van der Waals surface area contributed by atoms with Crippen molar-refractivity contribution in [2.45, 2.75) is 90.8 Å². The Morgan fingerprint density at radius 3 is 2.55 bits per heavy atom. The Kier molecular flexibility index (Phi) is 5.18. The zero-order chi connectivity index (χ0) is 21.2. The van der Waals surface area contributed by atoms with Gasteiger partial charge in [-0.25, -0.2) is 0 Å². The number of carboxylic acid groups (broad SMARTS) is 1. The standard InChI is InChI=1S/C24H38O5/c1-4-7-14(2)20-22(3)18(13-24(20,28)29)16-10-9-15-8-5-6-11-23(15,21(26)27)17(16)12-19(22)25/h14-18,20,28-29H,4-13H2,1-3H3,(H,26,27)/t14-,15+,16-,17+,18+,20-,22-,23-/m1/s1. The maximum absolute atomic E-state index is 13.7. The first kappa shape index (κ1) is 21.3. The van der Waals surface area contributed by atoms with Crippen molar-refractivity contribution in [3.63, 3.8) is 0 Å². The monoisotopic (exact) mass is 406 g/mol. The quantitative estimate of drug-likeness (QED) is 0.613. The van der Waals surface area contributed by atoms with E-state index in [0.717, 1.165) is 44.9 Å². The Hall–Kier alpha value is -0.940. The van der Waals surface area contributed by atoms with E-state index in [-0.39, 0.29) is 41.8 Å². The number of rotatable bonds is 4. The largest absolute Gasteiger partial charge is 0.481 e. The minimum absolute atomic E-state index is 0.0463. The second kappa shape index (κ2) is 7.05. The number of fused-ring (bicyclic) bond motifs is 5. The van der Waals surface area contributed by atoms with Crippen molar-refractivity contribution < 1.29 is 24.9 Å². The van der Waals surface area contributed by atoms with Gasteiger partial charge in [-0.2, -0.15) is 0 Å². The van der Waals surface area contributed by atoms with E-state index in [1.54, 1.807) is 0 Å². The fourth-order valence-electron chi connectivity index (χ4n) is 8.83. The van der Waals surface area contributed by atoms with Crippen LogP contribution in [0.15, 0.2) is 0 Å². The zero-order valence-electron chi connectivity index (χ0n) is 18.2. The van der Waals surface area contributed by atoms with Crippen molar-refractivity contribution in [2.24, 2.45) is 46.3 Å². The summed E-state index contributed by atoms with van der Waals surface area (Å²) in [4.78, 5) is 26.3. The minimum Gasteiger partial charge on any atom is -0.481 e. The van der Waals surface area contributed by atoms with Crippen molar-refractivity contribution in [2.75, 3.05) is 0 Å². The van der Waals surface area contributed by atoms with Gasteiger partial charge >= 0.3 is 5.97 Å². The van der Waals surface area contributed by atoms with Crippen LogP contribution in [0.4, 0.5) is 0 Å². The molecule has 0 heterocycles. The average Bonchev–Trinajstić information content (AvgIpc) is 2.88. The number of ketones is 1. The van der Waals surface area contributed by atoms with E-state index in [2.05, 4.69) is 6.92 Å². The van der Waals surface area contributed by atoms with E-state index in [4.69, 9.17) is 0 Å². The van der Waals surface area contributed by atoms with Crippen LogP contribution in [0.1, 0.15) is 85.0 Å². The van der Waals surface area contributed by atoms with Crippen LogP contribution in [-0.2, 0) is 9.59 Å². The van der Waals surface area contributed by atoms with E-state index in [1.165, 1.54) is 0 Å². The van der Waals surface area contributed by atoms with E-state index in [9.17, 15) is 24.9 Å². The lowest BCUT2D eigenvalue weighted by molar-refractivity contribution is -0.210. The molecule has 0 aromatic carbocycles. The third-order valence-corrected chi connectivity index (χ3v) is 9.82. The van der Waals surface area contributed by atoms with Crippen LogP contribution < -0.4 is 0 Å². The number of carbonyl (C=O) groups excluding carboxylic acids is 1. The van der Waals surface area contributed by atoms with E-state index < -0.39 is 28.5 Å². The third-order valence-electron chi connectivity index (χ3n) is 9.82. The van der Waals surface area contributed by atoms with Crippen LogP contribution in [0, 0.1) is 46.3 Å². The summed E-state index contributed by atoms with van der Waals surface area (Å²) in [5.41, 5.74) is -1.56. The molecule has 0 bridgehead atoms. The molecule has 3 N–H and O–H groups in total. The molecule has 8 atom stereocenters. The van der Waals surface area contributed by atoms with Gasteiger partial charge in [0.25, 0.3) is 0 Å². The van der Waals surface area contributed by atoms with Gasteiger partial charge in [-0.15, -0.1) is 0 Å². The fraction of sp³-hybridized carbons (Fsp3) is 0.917. The normalized spacial score (nSPS) is 47.1.